The molecule has 1 atom stereocenters. The van der Waals surface area contributed by atoms with Crippen LogP contribution < -0.4 is 10.1 Å². The number of para-hydroxylation sites is 1. The van der Waals surface area contributed by atoms with Gasteiger partial charge in [0.15, 0.2) is 0 Å². The van der Waals surface area contributed by atoms with E-state index in [1.807, 2.05) is 44.2 Å². The Balaban J connectivity index is 1.73. The fraction of sp³-hybridized carbons (Fsp3) is 0.250. The molecule has 1 heterocycles. The molecule has 0 aliphatic carbocycles. The van der Waals surface area contributed by atoms with Gasteiger partial charge in [-0.15, -0.1) is 0 Å². The predicted molar refractivity (Wildman–Crippen MR) is 98.0 cm³/mol. The van der Waals surface area contributed by atoms with Crippen LogP contribution in [0.15, 0.2) is 53.1 Å². The third-order valence-corrected chi connectivity index (χ3v) is 3.90. The van der Waals surface area contributed by atoms with Crippen LogP contribution in [0.5, 0.6) is 5.75 Å². The molecule has 0 aliphatic heterocycles. The van der Waals surface area contributed by atoms with Gasteiger partial charge in [0.05, 0.1) is 12.2 Å². The van der Waals surface area contributed by atoms with Crippen molar-refractivity contribution in [3.8, 4) is 17.1 Å². The monoisotopic (exact) mass is 351 g/mol. The fourth-order valence-electron chi connectivity index (χ4n) is 2.50. The summed E-state index contributed by atoms with van der Waals surface area (Å²) in [6.07, 6.45) is 0. The van der Waals surface area contributed by atoms with Crippen molar-refractivity contribution < 1.29 is 14.1 Å². The van der Waals surface area contributed by atoms with Gasteiger partial charge < -0.3 is 14.6 Å². The fourth-order valence-corrected chi connectivity index (χ4v) is 2.50. The highest BCUT2D eigenvalue weighted by atomic mass is 16.5. The van der Waals surface area contributed by atoms with E-state index >= 15 is 0 Å². The lowest BCUT2D eigenvalue weighted by Gasteiger charge is -2.12. The maximum atomic E-state index is 12.6. The minimum atomic E-state index is -0.427. The van der Waals surface area contributed by atoms with Crippen molar-refractivity contribution in [3.63, 3.8) is 0 Å². The molecule has 0 radical (unpaired) electrons. The predicted octanol–water partition coefficient (Wildman–Crippen LogP) is 3.93. The second kappa shape index (κ2) is 7.82. The molecule has 0 aliphatic rings. The summed E-state index contributed by atoms with van der Waals surface area (Å²) in [7, 11) is 0. The van der Waals surface area contributed by atoms with Crippen LogP contribution in [0.1, 0.15) is 41.7 Å². The number of rotatable bonds is 6. The van der Waals surface area contributed by atoms with Crippen molar-refractivity contribution in [2.24, 2.45) is 0 Å². The Hall–Kier alpha value is -3.15. The quantitative estimate of drug-likeness (QED) is 0.728. The van der Waals surface area contributed by atoms with Gasteiger partial charge in [0.25, 0.3) is 5.91 Å². The molecule has 6 nitrogen and oxygen atoms in total. The summed E-state index contributed by atoms with van der Waals surface area (Å²) in [5.41, 5.74) is 2.50. The van der Waals surface area contributed by atoms with Crippen LogP contribution in [0.3, 0.4) is 0 Å². The average Bonchev–Trinajstić information content (AvgIpc) is 3.13. The lowest BCUT2D eigenvalue weighted by atomic mass is 10.1. The number of hydrogen-bond donors (Lipinski definition) is 1. The largest absolute Gasteiger partial charge is 0.493 e. The van der Waals surface area contributed by atoms with Crippen molar-refractivity contribution in [3.05, 3.63) is 65.5 Å². The van der Waals surface area contributed by atoms with E-state index in [1.165, 1.54) is 0 Å². The molecule has 1 aromatic heterocycles. The maximum absolute atomic E-state index is 12.6. The van der Waals surface area contributed by atoms with Gasteiger partial charge in [-0.1, -0.05) is 47.1 Å². The maximum Gasteiger partial charge on any atom is 0.255 e. The van der Waals surface area contributed by atoms with Gasteiger partial charge in [-0.3, -0.25) is 4.79 Å². The van der Waals surface area contributed by atoms with E-state index in [1.54, 1.807) is 25.1 Å². The number of aromatic nitrogens is 2. The normalized spacial score (nSPS) is 11.8. The molecule has 0 bridgehead atoms. The average molecular weight is 351 g/mol. The zero-order valence-corrected chi connectivity index (χ0v) is 15.0. The highest BCUT2D eigenvalue weighted by Gasteiger charge is 2.20. The van der Waals surface area contributed by atoms with Crippen LogP contribution in [-0.4, -0.2) is 22.7 Å². The minimum Gasteiger partial charge on any atom is -0.493 e. The number of benzene rings is 2. The molecule has 1 amide bonds. The number of nitrogens with one attached hydrogen (secondary N) is 1. The number of amides is 1. The van der Waals surface area contributed by atoms with Crippen LogP contribution in [0.25, 0.3) is 11.4 Å². The van der Waals surface area contributed by atoms with Crippen LogP contribution in [-0.2, 0) is 0 Å². The van der Waals surface area contributed by atoms with Crippen molar-refractivity contribution >= 4 is 5.91 Å². The first-order valence-electron chi connectivity index (χ1n) is 8.51. The summed E-state index contributed by atoms with van der Waals surface area (Å²) in [4.78, 5) is 16.9. The molecule has 0 saturated heterocycles. The molecule has 134 valence electrons. The van der Waals surface area contributed by atoms with Crippen LogP contribution in [0.4, 0.5) is 0 Å². The molecule has 6 heteroatoms. The van der Waals surface area contributed by atoms with Gasteiger partial charge in [0.1, 0.15) is 11.8 Å². The number of ether oxygens (including phenoxy) is 1. The van der Waals surface area contributed by atoms with E-state index < -0.39 is 6.04 Å². The molecule has 0 unspecified atom stereocenters. The van der Waals surface area contributed by atoms with Gasteiger partial charge >= 0.3 is 0 Å². The Labute approximate surface area is 152 Å². The first-order chi connectivity index (χ1) is 12.6. The molecule has 0 saturated carbocycles. The van der Waals surface area contributed by atoms with Gasteiger partial charge in [-0.05, 0) is 32.9 Å². The smallest absolute Gasteiger partial charge is 0.255 e. The molecule has 0 fully saturated rings. The number of carbonyl (C=O) groups excluding carboxylic acids is 1. The first-order valence-corrected chi connectivity index (χ1v) is 8.51. The summed E-state index contributed by atoms with van der Waals surface area (Å²) < 4.78 is 10.8. The molecular weight excluding hydrogens is 330 g/mol. The number of carbonyl (C=O) groups is 1. The van der Waals surface area contributed by atoms with Crippen molar-refractivity contribution in [1.82, 2.24) is 15.5 Å². The lowest BCUT2D eigenvalue weighted by Crippen LogP contribution is -2.27. The first kappa shape index (κ1) is 17.7. The Kier molecular flexibility index (Phi) is 5.31. The Morgan fingerprint density at radius 1 is 1.19 bits per heavy atom. The summed E-state index contributed by atoms with van der Waals surface area (Å²) >= 11 is 0. The van der Waals surface area contributed by atoms with Crippen LogP contribution in [0.2, 0.25) is 0 Å². The van der Waals surface area contributed by atoms with E-state index in [0.717, 1.165) is 11.1 Å². The van der Waals surface area contributed by atoms with Gasteiger partial charge in [0, 0.05) is 5.56 Å². The SMILES string of the molecule is CCOc1ccccc1C(=O)N[C@H](C)c1nc(-c2ccc(C)cc2)no1. The van der Waals surface area contributed by atoms with Crippen molar-refractivity contribution in [2.45, 2.75) is 26.8 Å². The minimum absolute atomic E-state index is 0.253. The molecule has 2 aromatic carbocycles. The van der Waals surface area contributed by atoms with Crippen molar-refractivity contribution in [1.29, 1.82) is 0 Å². The van der Waals surface area contributed by atoms with E-state index in [2.05, 4.69) is 15.5 Å². The highest BCUT2D eigenvalue weighted by Crippen LogP contribution is 2.21. The van der Waals surface area contributed by atoms with E-state index in [0.29, 0.717) is 29.6 Å². The summed E-state index contributed by atoms with van der Waals surface area (Å²) in [6.45, 7) is 6.18. The molecule has 3 rings (SSSR count). The Morgan fingerprint density at radius 3 is 2.65 bits per heavy atom. The second-order valence-electron chi connectivity index (χ2n) is 5.95. The van der Waals surface area contributed by atoms with Gasteiger partial charge in [0.2, 0.25) is 11.7 Å². The number of hydrogen-bond acceptors (Lipinski definition) is 5. The summed E-state index contributed by atoms with van der Waals surface area (Å²) in [5, 5.41) is 6.87. The second-order valence-corrected chi connectivity index (χ2v) is 5.95. The summed E-state index contributed by atoms with van der Waals surface area (Å²) in [6, 6.07) is 14.5. The van der Waals surface area contributed by atoms with E-state index in [-0.39, 0.29) is 5.91 Å². The van der Waals surface area contributed by atoms with Gasteiger partial charge in [-0.25, -0.2) is 0 Å². The zero-order chi connectivity index (χ0) is 18.5. The number of nitrogens with zero attached hydrogens (tertiary/aromatic N) is 2. The van der Waals surface area contributed by atoms with E-state index in [9.17, 15) is 4.79 Å². The molecule has 3 aromatic rings. The van der Waals surface area contributed by atoms with Gasteiger partial charge in [-0.2, -0.15) is 4.98 Å². The highest BCUT2D eigenvalue weighted by molar-refractivity contribution is 5.97. The molecule has 26 heavy (non-hydrogen) atoms. The third-order valence-electron chi connectivity index (χ3n) is 3.90. The van der Waals surface area contributed by atoms with Crippen LogP contribution in [0, 0.1) is 6.92 Å². The summed E-state index contributed by atoms with van der Waals surface area (Å²) in [5.74, 6) is 1.14. The molecular formula is C20H21N3O3. The lowest BCUT2D eigenvalue weighted by molar-refractivity contribution is 0.0928. The van der Waals surface area contributed by atoms with Crippen LogP contribution >= 0.6 is 0 Å². The third kappa shape index (κ3) is 3.91. The topological polar surface area (TPSA) is 77.2 Å². The van der Waals surface area contributed by atoms with E-state index in [4.69, 9.17) is 9.26 Å². The molecule has 0 spiro atoms. The van der Waals surface area contributed by atoms with Crippen molar-refractivity contribution in [2.75, 3.05) is 6.61 Å². The standard InChI is InChI=1S/C20H21N3O3/c1-4-25-17-8-6-5-7-16(17)19(24)21-14(3)20-22-18(23-26-20)15-11-9-13(2)10-12-15/h5-12,14H,4H2,1-3H3,(H,21,24)/t14-/m1/s1. The number of aryl methyl sites for hydroxylation is 1. The molecule has 1 N–H and O–H groups in total. The zero-order valence-electron chi connectivity index (χ0n) is 15.0. The Bertz CT molecular complexity index is 887. The Morgan fingerprint density at radius 2 is 1.92 bits per heavy atom.